The first-order valence-electron chi connectivity index (χ1n) is 4.25. The highest BCUT2D eigenvalue weighted by molar-refractivity contribution is 4.35. The van der Waals surface area contributed by atoms with Crippen LogP contribution < -0.4 is 0 Å². The topological polar surface area (TPSA) is 18.5 Å². The van der Waals surface area contributed by atoms with E-state index < -0.39 is 0 Å². The van der Waals surface area contributed by atoms with Crippen LogP contribution >= 0.6 is 0 Å². The summed E-state index contributed by atoms with van der Waals surface area (Å²) in [7, 11) is 1.72. The second-order valence-electron chi connectivity index (χ2n) is 2.63. The Labute approximate surface area is 70.9 Å². The first-order valence-corrected chi connectivity index (χ1v) is 4.25. The zero-order chi connectivity index (χ0) is 9.11. The minimum absolute atomic E-state index is 0.676. The molecule has 0 spiro atoms. The van der Waals surface area contributed by atoms with Crippen molar-refractivity contribution < 1.29 is 9.47 Å². The molecular weight excluding hydrogens is 140 g/mol. The number of ether oxygens (including phenoxy) is 2. The molecule has 0 aromatic carbocycles. The minimum Gasteiger partial charge on any atom is -0.384 e. The molecule has 0 aliphatic rings. The summed E-state index contributed by atoms with van der Waals surface area (Å²) in [4.78, 5) is 0. The number of hydrogen-bond donors (Lipinski definition) is 0. The zero-order valence-electron chi connectivity index (χ0n) is 8.52. The van der Waals surface area contributed by atoms with Crippen LogP contribution in [-0.4, -0.2) is 26.9 Å². The average Bonchev–Trinajstić information content (AvgIpc) is 1.90. The molecule has 0 radical (unpaired) electrons. The molecule has 11 heavy (non-hydrogen) atoms. The van der Waals surface area contributed by atoms with E-state index in [-0.39, 0.29) is 0 Å². The molecule has 2 heteroatoms. The smallest absolute Gasteiger partial charge is 0.0485 e. The van der Waals surface area contributed by atoms with Crippen LogP contribution in [0.15, 0.2) is 0 Å². The second kappa shape index (κ2) is 12.6. The Balaban J connectivity index is 0. The van der Waals surface area contributed by atoms with Crippen molar-refractivity contribution in [1.82, 2.24) is 0 Å². The molecule has 0 atom stereocenters. The van der Waals surface area contributed by atoms with E-state index in [1.807, 2.05) is 13.8 Å². The maximum Gasteiger partial charge on any atom is 0.0485 e. The molecule has 0 saturated heterocycles. The van der Waals surface area contributed by atoms with Gasteiger partial charge in [-0.25, -0.2) is 0 Å². The Hall–Kier alpha value is -0.0800. The first kappa shape index (κ1) is 13.5. The standard InChI is InChI=1S/C5H12O.C4H10O/c1-5(2)4-6-3;1-3-5-4-2/h5H,4H2,1-3H3;3-4H2,1-2H3. The van der Waals surface area contributed by atoms with Crippen molar-refractivity contribution in [3.63, 3.8) is 0 Å². The van der Waals surface area contributed by atoms with Crippen LogP contribution in [0.3, 0.4) is 0 Å². The summed E-state index contributed by atoms with van der Waals surface area (Å²) in [5.41, 5.74) is 0. The van der Waals surface area contributed by atoms with E-state index in [2.05, 4.69) is 13.8 Å². The normalized spacial score (nSPS) is 9.27. The molecule has 0 fully saturated rings. The van der Waals surface area contributed by atoms with Gasteiger partial charge in [0.05, 0.1) is 0 Å². The van der Waals surface area contributed by atoms with Crippen LogP contribution in [-0.2, 0) is 9.47 Å². The molecule has 0 aromatic heterocycles. The minimum atomic E-state index is 0.676. The van der Waals surface area contributed by atoms with Gasteiger partial charge in [0.1, 0.15) is 0 Å². The lowest BCUT2D eigenvalue weighted by atomic mass is 10.2. The predicted octanol–water partition coefficient (Wildman–Crippen LogP) is 2.33. The van der Waals surface area contributed by atoms with Crippen molar-refractivity contribution in [2.75, 3.05) is 26.9 Å². The van der Waals surface area contributed by atoms with Gasteiger partial charge in [0, 0.05) is 26.9 Å². The third-order valence-corrected chi connectivity index (χ3v) is 0.908. The largest absolute Gasteiger partial charge is 0.384 e. The highest BCUT2D eigenvalue weighted by atomic mass is 16.5. The van der Waals surface area contributed by atoms with Crippen LogP contribution in [0.1, 0.15) is 27.7 Å². The first-order chi connectivity index (χ1) is 5.18. The molecule has 0 N–H and O–H groups in total. The molecule has 0 aliphatic carbocycles. The van der Waals surface area contributed by atoms with Gasteiger partial charge in [-0.2, -0.15) is 0 Å². The van der Waals surface area contributed by atoms with E-state index in [0.717, 1.165) is 19.8 Å². The fourth-order valence-electron chi connectivity index (χ4n) is 0.537. The van der Waals surface area contributed by atoms with Crippen LogP contribution in [0, 0.1) is 5.92 Å². The van der Waals surface area contributed by atoms with E-state index in [9.17, 15) is 0 Å². The molecule has 2 nitrogen and oxygen atoms in total. The molecule has 0 heterocycles. The fraction of sp³-hybridized carbons (Fsp3) is 1.00. The third kappa shape index (κ3) is 25.7. The summed E-state index contributed by atoms with van der Waals surface area (Å²) in [6.45, 7) is 10.8. The van der Waals surface area contributed by atoms with Gasteiger partial charge in [0.2, 0.25) is 0 Å². The van der Waals surface area contributed by atoms with Crippen molar-refractivity contribution in [2.45, 2.75) is 27.7 Å². The molecular formula is C9H22O2. The summed E-state index contributed by atoms with van der Waals surface area (Å²) in [6.07, 6.45) is 0. The number of hydrogen-bond acceptors (Lipinski definition) is 2. The van der Waals surface area contributed by atoms with Crippen LogP contribution in [0.4, 0.5) is 0 Å². The van der Waals surface area contributed by atoms with Crippen molar-refractivity contribution in [3.8, 4) is 0 Å². The SMILES string of the molecule is CCOCC.COCC(C)C. The lowest BCUT2D eigenvalue weighted by molar-refractivity contribution is 0.162. The Morgan fingerprint density at radius 2 is 1.55 bits per heavy atom. The summed E-state index contributed by atoms with van der Waals surface area (Å²) < 4.78 is 9.64. The Kier molecular flexibility index (Phi) is 15.4. The van der Waals surface area contributed by atoms with Crippen LogP contribution in [0.2, 0.25) is 0 Å². The highest BCUT2D eigenvalue weighted by Crippen LogP contribution is 1.88. The van der Waals surface area contributed by atoms with Gasteiger partial charge in [-0.3, -0.25) is 0 Å². The van der Waals surface area contributed by atoms with Crippen LogP contribution in [0.5, 0.6) is 0 Å². The summed E-state index contributed by atoms with van der Waals surface area (Å²) in [5.74, 6) is 0.676. The van der Waals surface area contributed by atoms with E-state index in [0.29, 0.717) is 5.92 Å². The maximum atomic E-state index is 4.83. The summed E-state index contributed by atoms with van der Waals surface area (Å²) in [5, 5.41) is 0. The highest BCUT2D eigenvalue weighted by Gasteiger charge is 1.85. The second-order valence-corrected chi connectivity index (χ2v) is 2.63. The lowest BCUT2D eigenvalue weighted by Gasteiger charge is -1.97. The van der Waals surface area contributed by atoms with Gasteiger partial charge < -0.3 is 9.47 Å². The quantitative estimate of drug-likeness (QED) is 0.631. The van der Waals surface area contributed by atoms with E-state index in [4.69, 9.17) is 9.47 Å². The maximum absolute atomic E-state index is 4.83. The van der Waals surface area contributed by atoms with Gasteiger partial charge in [0.15, 0.2) is 0 Å². The third-order valence-electron chi connectivity index (χ3n) is 0.908. The zero-order valence-corrected chi connectivity index (χ0v) is 8.52. The van der Waals surface area contributed by atoms with E-state index in [1.54, 1.807) is 7.11 Å². The van der Waals surface area contributed by atoms with Crippen molar-refractivity contribution in [2.24, 2.45) is 5.92 Å². The molecule has 0 unspecified atom stereocenters. The lowest BCUT2D eigenvalue weighted by Crippen LogP contribution is -1.96. The molecule has 0 saturated carbocycles. The monoisotopic (exact) mass is 162 g/mol. The van der Waals surface area contributed by atoms with Gasteiger partial charge in [-0.05, 0) is 19.8 Å². The van der Waals surface area contributed by atoms with Crippen molar-refractivity contribution >= 4 is 0 Å². The Morgan fingerprint density at radius 3 is 1.55 bits per heavy atom. The van der Waals surface area contributed by atoms with E-state index >= 15 is 0 Å². The van der Waals surface area contributed by atoms with Gasteiger partial charge in [-0.15, -0.1) is 0 Å². The summed E-state index contributed by atoms with van der Waals surface area (Å²) in [6, 6.07) is 0. The molecule has 70 valence electrons. The molecule has 0 aliphatic heterocycles. The molecule has 0 amide bonds. The molecule has 0 rings (SSSR count). The molecule has 0 aromatic rings. The molecule has 0 bridgehead atoms. The van der Waals surface area contributed by atoms with Crippen LogP contribution in [0.25, 0.3) is 0 Å². The number of rotatable bonds is 4. The number of methoxy groups -OCH3 is 1. The van der Waals surface area contributed by atoms with Gasteiger partial charge in [0.25, 0.3) is 0 Å². The van der Waals surface area contributed by atoms with Crippen molar-refractivity contribution in [3.05, 3.63) is 0 Å². The van der Waals surface area contributed by atoms with Gasteiger partial charge >= 0.3 is 0 Å². The predicted molar refractivity (Wildman–Crippen MR) is 48.9 cm³/mol. The van der Waals surface area contributed by atoms with E-state index in [1.165, 1.54) is 0 Å². The average molecular weight is 162 g/mol. The Morgan fingerprint density at radius 1 is 1.09 bits per heavy atom. The van der Waals surface area contributed by atoms with Crippen molar-refractivity contribution in [1.29, 1.82) is 0 Å². The van der Waals surface area contributed by atoms with Gasteiger partial charge in [-0.1, -0.05) is 13.8 Å². The Bertz CT molecular complexity index is 51.5. The summed E-state index contributed by atoms with van der Waals surface area (Å²) >= 11 is 0. The fourth-order valence-corrected chi connectivity index (χ4v) is 0.537.